The number of benzene rings is 1. The van der Waals surface area contributed by atoms with E-state index in [1.165, 1.54) is 0 Å². The SMILES string of the molecule is O=C(NC[C@]12CC[C@H](O1)[C@H]1C(=O)OC(=O)[C@@H]12)c1ccccc1. The summed E-state index contributed by atoms with van der Waals surface area (Å²) in [6, 6.07) is 8.84. The van der Waals surface area contributed by atoms with Gasteiger partial charge < -0.3 is 14.8 Å². The number of fused-ring (bicyclic) bond motifs is 5. The summed E-state index contributed by atoms with van der Waals surface area (Å²) >= 11 is 0. The highest BCUT2D eigenvalue weighted by molar-refractivity contribution is 5.99. The second-order valence-electron chi connectivity index (χ2n) is 6.05. The molecule has 1 N–H and O–H groups in total. The third kappa shape index (κ3) is 1.80. The van der Waals surface area contributed by atoms with Crippen LogP contribution in [0.15, 0.2) is 30.3 Å². The van der Waals surface area contributed by atoms with Crippen molar-refractivity contribution in [1.82, 2.24) is 5.32 Å². The molecule has 0 spiro atoms. The molecule has 22 heavy (non-hydrogen) atoms. The van der Waals surface area contributed by atoms with Crippen molar-refractivity contribution in [2.24, 2.45) is 11.8 Å². The Labute approximate surface area is 126 Å². The molecule has 1 aromatic carbocycles. The van der Waals surface area contributed by atoms with Crippen LogP contribution in [0, 0.1) is 11.8 Å². The molecule has 6 nitrogen and oxygen atoms in total. The zero-order valence-corrected chi connectivity index (χ0v) is 11.8. The van der Waals surface area contributed by atoms with Gasteiger partial charge >= 0.3 is 11.9 Å². The van der Waals surface area contributed by atoms with E-state index in [0.717, 1.165) is 0 Å². The van der Waals surface area contributed by atoms with E-state index in [2.05, 4.69) is 5.32 Å². The molecular weight excluding hydrogens is 286 g/mol. The molecule has 1 amide bonds. The molecule has 0 saturated carbocycles. The molecule has 4 atom stereocenters. The van der Waals surface area contributed by atoms with Crippen molar-refractivity contribution in [2.75, 3.05) is 6.54 Å². The summed E-state index contributed by atoms with van der Waals surface area (Å²) in [5.41, 5.74) is -0.253. The van der Waals surface area contributed by atoms with Crippen molar-refractivity contribution in [3.05, 3.63) is 35.9 Å². The molecule has 6 heteroatoms. The van der Waals surface area contributed by atoms with E-state index in [4.69, 9.17) is 9.47 Å². The molecule has 0 radical (unpaired) electrons. The lowest BCUT2D eigenvalue weighted by molar-refractivity contribution is -0.158. The fourth-order valence-electron chi connectivity index (χ4n) is 3.87. The molecule has 0 aromatic heterocycles. The molecule has 4 rings (SSSR count). The lowest BCUT2D eigenvalue weighted by Crippen LogP contribution is -2.49. The first-order valence-corrected chi connectivity index (χ1v) is 7.37. The quantitative estimate of drug-likeness (QED) is 0.655. The smallest absolute Gasteiger partial charge is 0.320 e. The Hall–Kier alpha value is -2.21. The Morgan fingerprint density at radius 3 is 2.77 bits per heavy atom. The first-order chi connectivity index (χ1) is 10.6. The molecule has 3 aliphatic heterocycles. The number of carbonyl (C=O) groups excluding carboxylic acids is 3. The molecular formula is C16H15NO5. The van der Waals surface area contributed by atoms with Gasteiger partial charge in [-0.15, -0.1) is 0 Å². The van der Waals surface area contributed by atoms with Gasteiger partial charge in [0.25, 0.3) is 5.91 Å². The molecule has 3 heterocycles. The topological polar surface area (TPSA) is 81.7 Å². The van der Waals surface area contributed by atoms with Crippen molar-refractivity contribution in [1.29, 1.82) is 0 Å². The second kappa shape index (κ2) is 4.64. The first kappa shape index (κ1) is 13.5. The Balaban J connectivity index is 1.52. The van der Waals surface area contributed by atoms with Crippen LogP contribution in [-0.4, -0.2) is 36.1 Å². The molecule has 114 valence electrons. The van der Waals surface area contributed by atoms with Crippen molar-refractivity contribution >= 4 is 17.8 Å². The van der Waals surface area contributed by atoms with Crippen LogP contribution in [0.4, 0.5) is 0 Å². The second-order valence-corrected chi connectivity index (χ2v) is 6.05. The number of carbonyl (C=O) groups is 3. The highest BCUT2D eigenvalue weighted by Gasteiger charge is 2.68. The van der Waals surface area contributed by atoms with E-state index in [1.807, 2.05) is 6.07 Å². The van der Waals surface area contributed by atoms with Crippen molar-refractivity contribution < 1.29 is 23.9 Å². The summed E-state index contributed by atoms with van der Waals surface area (Å²) in [5, 5.41) is 2.82. The van der Waals surface area contributed by atoms with Crippen LogP contribution in [0.1, 0.15) is 23.2 Å². The first-order valence-electron chi connectivity index (χ1n) is 7.37. The minimum Gasteiger partial charge on any atom is -0.393 e. The van der Waals surface area contributed by atoms with E-state index in [9.17, 15) is 14.4 Å². The number of amides is 1. The van der Waals surface area contributed by atoms with Crippen LogP contribution in [0.2, 0.25) is 0 Å². The number of ether oxygens (including phenoxy) is 2. The standard InChI is InChI=1S/C16H15NO5/c18-13(9-4-2-1-3-5-9)17-8-16-7-6-10(22-16)11-12(16)15(20)21-14(11)19/h1-5,10-12H,6-8H2,(H,17,18)/t10-,11+,12+,16-/m0/s1. The maximum absolute atomic E-state index is 12.2. The maximum atomic E-state index is 12.2. The molecule has 3 saturated heterocycles. The number of esters is 2. The highest BCUT2D eigenvalue weighted by atomic mass is 16.6. The lowest BCUT2D eigenvalue weighted by Gasteiger charge is -2.29. The van der Waals surface area contributed by atoms with Gasteiger partial charge in [-0.1, -0.05) is 18.2 Å². The van der Waals surface area contributed by atoms with Gasteiger partial charge in [0.2, 0.25) is 0 Å². The molecule has 2 bridgehead atoms. The summed E-state index contributed by atoms with van der Waals surface area (Å²) in [5.74, 6) is -2.32. The predicted octanol–water partition coefficient (Wildman–Crippen LogP) is 0.664. The summed E-state index contributed by atoms with van der Waals surface area (Å²) in [6.45, 7) is 0.209. The zero-order valence-electron chi connectivity index (χ0n) is 11.8. The van der Waals surface area contributed by atoms with Gasteiger partial charge in [0.1, 0.15) is 11.5 Å². The lowest BCUT2D eigenvalue weighted by atomic mass is 9.73. The number of hydrogen-bond donors (Lipinski definition) is 1. The van der Waals surface area contributed by atoms with Crippen molar-refractivity contribution in [3.8, 4) is 0 Å². The number of hydrogen-bond acceptors (Lipinski definition) is 5. The number of cyclic esters (lactones) is 2. The Morgan fingerprint density at radius 2 is 2.00 bits per heavy atom. The van der Waals surface area contributed by atoms with Crippen molar-refractivity contribution in [3.63, 3.8) is 0 Å². The van der Waals surface area contributed by atoms with Crippen LogP contribution in [0.3, 0.4) is 0 Å². The van der Waals surface area contributed by atoms with Crippen LogP contribution < -0.4 is 5.32 Å². The summed E-state index contributed by atoms with van der Waals surface area (Å²) in [6.07, 6.45) is 1.10. The average molecular weight is 301 g/mol. The minimum atomic E-state index is -0.803. The summed E-state index contributed by atoms with van der Waals surface area (Å²) in [4.78, 5) is 35.8. The largest absolute Gasteiger partial charge is 0.393 e. The third-order valence-electron chi connectivity index (χ3n) is 4.88. The molecule has 0 unspecified atom stereocenters. The molecule has 1 aromatic rings. The van der Waals surface area contributed by atoms with Gasteiger partial charge in [-0.05, 0) is 25.0 Å². The van der Waals surface area contributed by atoms with E-state index in [0.29, 0.717) is 18.4 Å². The van der Waals surface area contributed by atoms with Gasteiger partial charge in [0, 0.05) is 12.1 Å². The predicted molar refractivity (Wildman–Crippen MR) is 73.7 cm³/mol. The highest BCUT2D eigenvalue weighted by Crippen LogP contribution is 2.54. The number of nitrogens with one attached hydrogen (secondary N) is 1. The van der Waals surface area contributed by atoms with Crippen LogP contribution in [-0.2, 0) is 19.1 Å². The van der Waals surface area contributed by atoms with E-state index >= 15 is 0 Å². The van der Waals surface area contributed by atoms with Gasteiger partial charge in [0.15, 0.2) is 0 Å². The van der Waals surface area contributed by atoms with Crippen molar-refractivity contribution in [2.45, 2.75) is 24.5 Å². The fourth-order valence-corrected chi connectivity index (χ4v) is 3.87. The van der Waals surface area contributed by atoms with Gasteiger partial charge in [-0.25, -0.2) is 0 Å². The molecule has 3 fully saturated rings. The monoisotopic (exact) mass is 301 g/mol. The molecule has 0 aliphatic carbocycles. The normalized spacial score (nSPS) is 35.4. The van der Waals surface area contributed by atoms with Gasteiger partial charge in [-0.2, -0.15) is 0 Å². The Morgan fingerprint density at radius 1 is 1.23 bits per heavy atom. The summed E-state index contributed by atoms with van der Waals surface area (Å²) < 4.78 is 10.7. The van der Waals surface area contributed by atoms with E-state index in [-0.39, 0.29) is 18.6 Å². The average Bonchev–Trinajstić information content (AvgIpc) is 3.18. The third-order valence-corrected chi connectivity index (χ3v) is 4.88. The van der Waals surface area contributed by atoms with E-state index in [1.54, 1.807) is 24.3 Å². The van der Waals surface area contributed by atoms with Crippen LogP contribution in [0.5, 0.6) is 0 Å². The van der Waals surface area contributed by atoms with Crippen LogP contribution >= 0.6 is 0 Å². The minimum absolute atomic E-state index is 0.209. The Kier molecular flexibility index (Phi) is 2.84. The van der Waals surface area contributed by atoms with Crippen LogP contribution in [0.25, 0.3) is 0 Å². The fraction of sp³-hybridized carbons (Fsp3) is 0.438. The molecule has 3 aliphatic rings. The van der Waals surface area contributed by atoms with Gasteiger partial charge in [-0.3, -0.25) is 14.4 Å². The van der Waals surface area contributed by atoms with Gasteiger partial charge in [0.05, 0.1) is 12.0 Å². The zero-order chi connectivity index (χ0) is 15.3. The summed E-state index contributed by atoms with van der Waals surface area (Å²) in [7, 11) is 0. The maximum Gasteiger partial charge on any atom is 0.320 e. The van der Waals surface area contributed by atoms with E-state index < -0.39 is 29.4 Å². The number of rotatable bonds is 3. The Bertz CT molecular complexity index is 658.